The lowest BCUT2D eigenvalue weighted by Gasteiger charge is -2.34. The Morgan fingerprint density at radius 3 is 2.43 bits per heavy atom. The average Bonchev–Trinajstić information content (AvgIpc) is 3.34. The van der Waals surface area contributed by atoms with Crippen molar-refractivity contribution in [2.45, 2.75) is 12.8 Å². The first kappa shape index (κ1) is 18.9. The van der Waals surface area contributed by atoms with Gasteiger partial charge in [-0.2, -0.15) is 0 Å². The fraction of sp³-hybridized carbons (Fsp3) is 0.600. The van der Waals surface area contributed by atoms with E-state index in [1.807, 2.05) is 12.1 Å². The van der Waals surface area contributed by atoms with E-state index in [1.165, 1.54) is 0 Å². The van der Waals surface area contributed by atoms with Gasteiger partial charge in [0.15, 0.2) is 0 Å². The molecular formula is C20H28N6O2. The molecule has 4 atom stereocenters. The summed E-state index contributed by atoms with van der Waals surface area (Å²) in [4.78, 5) is 37.6. The van der Waals surface area contributed by atoms with Crippen LogP contribution < -0.4 is 16.0 Å². The van der Waals surface area contributed by atoms with Crippen LogP contribution in [0.3, 0.4) is 0 Å². The number of amides is 2. The minimum Gasteiger partial charge on any atom is -0.369 e. The van der Waals surface area contributed by atoms with Gasteiger partial charge in [0.05, 0.1) is 11.8 Å². The van der Waals surface area contributed by atoms with E-state index in [0.717, 1.165) is 51.5 Å². The highest BCUT2D eigenvalue weighted by Gasteiger charge is 2.50. The SMILES string of the molecule is NC(=O)C1C2C=CC(C2)C1C(=O)NCCCN1CCN(c2ncccn2)CC1. The van der Waals surface area contributed by atoms with Crippen molar-refractivity contribution < 1.29 is 9.59 Å². The maximum Gasteiger partial charge on any atom is 0.225 e. The van der Waals surface area contributed by atoms with Crippen LogP contribution in [0.5, 0.6) is 0 Å². The van der Waals surface area contributed by atoms with E-state index in [-0.39, 0.29) is 35.5 Å². The van der Waals surface area contributed by atoms with Crippen molar-refractivity contribution in [2.24, 2.45) is 29.4 Å². The van der Waals surface area contributed by atoms with Crippen molar-refractivity contribution in [1.29, 1.82) is 0 Å². The van der Waals surface area contributed by atoms with E-state index in [9.17, 15) is 9.59 Å². The van der Waals surface area contributed by atoms with Gasteiger partial charge in [-0.3, -0.25) is 14.5 Å². The second kappa shape index (κ2) is 8.26. The Balaban J connectivity index is 1.17. The first-order chi connectivity index (χ1) is 13.6. The molecule has 2 fully saturated rings. The molecule has 2 heterocycles. The number of nitrogens with zero attached hydrogens (tertiary/aromatic N) is 4. The number of nitrogens with two attached hydrogens (primary N) is 1. The lowest BCUT2D eigenvalue weighted by Crippen LogP contribution is -2.47. The summed E-state index contributed by atoms with van der Waals surface area (Å²) in [5.74, 6) is 0.0893. The first-order valence-corrected chi connectivity index (χ1v) is 10.1. The molecule has 1 aliphatic heterocycles. The standard InChI is InChI=1S/C20H28N6O2/c21-18(27)16-14-3-4-15(13-14)17(16)19(28)22-7-2-8-25-9-11-26(12-10-25)20-23-5-1-6-24-20/h1,3-6,14-17H,2,7-13H2,(H2,21,27)(H,22,28). The highest BCUT2D eigenvalue weighted by molar-refractivity contribution is 5.89. The largest absolute Gasteiger partial charge is 0.369 e. The molecule has 28 heavy (non-hydrogen) atoms. The van der Waals surface area contributed by atoms with Crippen LogP contribution in [0, 0.1) is 23.7 Å². The Kier molecular flexibility index (Phi) is 5.57. The van der Waals surface area contributed by atoms with E-state index in [1.54, 1.807) is 12.4 Å². The number of hydrogen-bond acceptors (Lipinski definition) is 6. The molecule has 0 radical (unpaired) electrons. The molecule has 4 unspecified atom stereocenters. The molecule has 2 amide bonds. The van der Waals surface area contributed by atoms with E-state index >= 15 is 0 Å². The highest BCUT2D eigenvalue weighted by Crippen LogP contribution is 2.47. The molecule has 0 spiro atoms. The molecule has 150 valence electrons. The quantitative estimate of drug-likeness (QED) is 0.508. The Morgan fingerprint density at radius 1 is 1.07 bits per heavy atom. The zero-order valence-electron chi connectivity index (χ0n) is 16.0. The molecule has 3 aliphatic rings. The molecule has 8 heteroatoms. The van der Waals surface area contributed by atoms with Gasteiger partial charge in [-0.15, -0.1) is 0 Å². The predicted molar refractivity (Wildman–Crippen MR) is 105 cm³/mol. The van der Waals surface area contributed by atoms with Gasteiger partial charge in [0.2, 0.25) is 17.8 Å². The van der Waals surface area contributed by atoms with Crippen LogP contribution in [-0.4, -0.2) is 66.0 Å². The lowest BCUT2D eigenvalue weighted by molar-refractivity contribution is -0.133. The second-order valence-electron chi connectivity index (χ2n) is 7.92. The number of anilines is 1. The van der Waals surface area contributed by atoms with Crippen LogP contribution >= 0.6 is 0 Å². The van der Waals surface area contributed by atoms with Crippen molar-refractivity contribution in [3.05, 3.63) is 30.6 Å². The summed E-state index contributed by atoms with van der Waals surface area (Å²) in [6, 6.07) is 1.83. The maximum atomic E-state index is 12.6. The summed E-state index contributed by atoms with van der Waals surface area (Å²) >= 11 is 0. The van der Waals surface area contributed by atoms with Gasteiger partial charge < -0.3 is 16.0 Å². The molecule has 1 aromatic rings. The smallest absolute Gasteiger partial charge is 0.225 e. The molecule has 2 bridgehead atoms. The number of carbonyl (C=O) groups is 2. The van der Waals surface area contributed by atoms with Gasteiger partial charge in [-0.25, -0.2) is 9.97 Å². The summed E-state index contributed by atoms with van der Waals surface area (Å²) in [6.07, 6.45) is 9.43. The molecule has 1 aromatic heterocycles. The molecule has 2 aliphatic carbocycles. The van der Waals surface area contributed by atoms with Crippen LogP contribution in [0.15, 0.2) is 30.6 Å². The predicted octanol–water partition coefficient (Wildman–Crippen LogP) is 0.0285. The topological polar surface area (TPSA) is 104 Å². The Hall–Kier alpha value is -2.48. The second-order valence-corrected chi connectivity index (χ2v) is 7.92. The summed E-state index contributed by atoms with van der Waals surface area (Å²) in [7, 11) is 0. The minimum atomic E-state index is -0.350. The van der Waals surface area contributed by atoms with Crippen molar-refractivity contribution >= 4 is 17.8 Å². The number of nitrogens with one attached hydrogen (secondary N) is 1. The van der Waals surface area contributed by atoms with Gasteiger partial charge >= 0.3 is 0 Å². The summed E-state index contributed by atoms with van der Waals surface area (Å²) in [5.41, 5.74) is 5.55. The van der Waals surface area contributed by atoms with Gasteiger partial charge in [-0.05, 0) is 37.3 Å². The normalized spacial score (nSPS) is 29.2. The van der Waals surface area contributed by atoms with E-state index in [2.05, 4.69) is 31.2 Å². The minimum absolute atomic E-state index is 0.0216. The van der Waals surface area contributed by atoms with Crippen molar-refractivity contribution in [3.8, 4) is 0 Å². The number of primary amides is 1. The number of carbonyl (C=O) groups excluding carboxylic acids is 2. The fourth-order valence-electron chi connectivity index (χ4n) is 4.83. The Morgan fingerprint density at radius 2 is 1.75 bits per heavy atom. The zero-order valence-corrected chi connectivity index (χ0v) is 16.0. The average molecular weight is 384 g/mol. The molecule has 0 aromatic carbocycles. The number of hydrogen-bond donors (Lipinski definition) is 2. The number of fused-ring (bicyclic) bond motifs is 2. The molecule has 3 N–H and O–H groups in total. The third kappa shape index (κ3) is 3.87. The monoisotopic (exact) mass is 384 g/mol. The van der Waals surface area contributed by atoms with Crippen molar-refractivity contribution in [3.63, 3.8) is 0 Å². The van der Waals surface area contributed by atoms with Gasteiger partial charge in [0.25, 0.3) is 0 Å². The van der Waals surface area contributed by atoms with Gasteiger partial charge in [0.1, 0.15) is 0 Å². The zero-order chi connectivity index (χ0) is 19.5. The van der Waals surface area contributed by atoms with Crippen molar-refractivity contribution in [2.75, 3.05) is 44.2 Å². The van der Waals surface area contributed by atoms with E-state index in [0.29, 0.717) is 6.54 Å². The number of piperazine rings is 1. The number of aromatic nitrogens is 2. The lowest BCUT2D eigenvalue weighted by atomic mass is 9.82. The summed E-state index contributed by atoms with van der Waals surface area (Å²) in [6.45, 7) is 5.33. The molecular weight excluding hydrogens is 356 g/mol. The molecule has 8 nitrogen and oxygen atoms in total. The first-order valence-electron chi connectivity index (χ1n) is 10.1. The van der Waals surface area contributed by atoms with Gasteiger partial charge in [0, 0.05) is 45.1 Å². The van der Waals surface area contributed by atoms with Crippen LogP contribution in [0.25, 0.3) is 0 Å². The molecule has 1 saturated heterocycles. The Labute approximate surface area is 165 Å². The van der Waals surface area contributed by atoms with Crippen LogP contribution in [0.2, 0.25) is 0 Å². The van der Waals surface area contributed by atoms with Gasteiger partial charge in [-0.1, -0.05) is 12.2 Å². The third-order valence-electron chi connectivity index (χ3n) is 6.25. The molecule has 1 saturated carbocycles. The number of allylic oxidation sites excluding steroid dienone is 2. The fourth-order valence-corrected chi connectivity index (χ4v) is 4.83. The van der Waals surface area contributed by atoms with Crippen molar-refractivity contribution in [1.82, 2.24) is 20.2 Å². The van der Waals surface area contributed by atoms with E-state index < -0.39 is 0 Å². The van der Waals surface area contributed by atoms with Crippen LogP contribution in [0.1, 0.15) is 12.8 Å². The van der Waals surface area contributed by atoms with Crippen LogP contribution in [-0.2, 0) is 9.59 Å². The highest BCUT2D eigenvalue weighted by atomic mass is 16.2. The third-order valence-corrected chi connectivity index (χ3v) is 6.25. The molecule has 4 rings (SSSR count). The summed E-state index contributed by atoms with van der Waals surface area (Å²) in [5, 5.41) is 3.03. The maximum absolute atomic E-state index is 12.6. The van der Waals surface area contributed by atoms with Crippen LogP contribution in [0.4, 0.5) is 5.95 Å². The number of rotatable bonds is 7. The van der Waals surface area contributed by atoms with E-state index in [4.69, 9.17) is 5.73 Å². The Bertz CT molecular complexity index is 731. The summed E-state index contributed by atoms with van der Waals surface area (Å²) < 4.78 is 0.